The molecule has 10 heteroatoms. The van der Waals surface area contributed by atoms with Gasteiger partial charge in [0.2, 0.25) is 0 Å². The van der Waals surface area contributed by atoms with Gasteiger partial charge in [0.1, 0.15) is 11.7 Å². The summed E-state index contributed by atoms with van der Waals surface area (Å²) in [5.41, 5.74) is -0.390. The average molecular weight is 843 g/mol. The third-order valence-corrected chi connectivity index (χ3v) is 24.4. The Morgan fingerprint density at radius 1 is 0.741 bits per heavy atom. The smallest absolute Gasteiger partial charge is 0.261 e. The number of aliphatic hydroxyl groups excluding tert-OH is 1. The summed E-state index contributed by atoms with van der Waals surface area (Å²) in [4.78, 5) is 14.3. The highest BCUT2D eigenvalue weighted by atomic mass is 28.4. The molecule has 2 aliphatic carbocycles. The Kier molecular flexibility index (Phi) is 12.3. The van der Waals surface area contributed by atoms with Crippen LogP contribution in [0.4, 0.5) is 0 Å². The third kappa shape index (κ3) is 8.23. The highest BCUT2D eigenvalue weighted by Crippen LogP contribution is 2.67. The first-order valence-corrected chi connectivity index (χ1v) is 30.3. The molecular formula is C48H70O7Si3. The van der Waals surface area contributed by atoms with E-state index in [-0.39, 0.29) is 47.1 Å². The predicted molar refractivity (Wildman–Crippen MR) is 241 cm³/mol. The van der Waals surface area contributed by atoms with Crippen molar-refractivity contribution in [3.8, 4) is 0 Å². The van der Waals surface area contributed by atoms with Gasteiger partial charge in [0.15, 0.2) is 19.9 Å². The Bertz CT molecular complexity index is 1820. The number of ketones is 1. The molecule has 58 heavy (non-hydrogen) atoms. The van der Waals surface area contributed by atoms with E-state index in [1.165, 1.54) is 15.6 Å². The molecule has 1 spiro atoms. The largest absolute Gasteiger partial charge is 0.412 e. The van der Waals surface area contributed by atoms with E-state index in [0.717, 1.165) is 25.7 Å². The van der Waals surface area contributed by atoms with E-state index in [0.29, 0.717) is 18.6 Å². The molecule has 4 unspecified atom stereocenters. The lowest BCUT2D eigenvalue weighted by Gasteiger charge is -2.52. The molecule has 1 N–H and O–H groups in total. The SMILES string of the molecule is C[C@@H]1[C@H](CC[C@@H]2C[C@H](CCO[Si](c3ccccc3)(c3ccccc3)C(C)(C)C)OC(C)(C)O2)[C@H]2C(=O)C(O)CC(O[Si](C)(C)C)C23OC3[C@@H]1[Si](C)(C)c1ccccc1. The molecule has 2 saturated carbocycles. The van der Waals surface area contributed by atoms with Crippen molar-refractivity contribution in [3.63, 3.8) is 0 Å². The van der Waals surface area contributed by atoms with Crippen LogP contribution in [0.3, 0.4) is 0 Å². The third-order valence-electron chi connectivity index (χ3n) is 14.0. The van der Waals surface area contributed by atoms with Crippen molar-refractivity contribution in [2.75, 3.05) is 6.61 Å². The summed E-state index contributed by atoms with van der Waals surface area (Å²) in [6, 6.07) is 32.6. The van der Waals surface area contributed by atoms with Crippen LogP contribution in [0.5, 0.6) is 0 Å². The molecule has 10 atom stereocenters. The van der Waals surface area contributed by atoms with Gasteiger partial charge in [0.25, 0.3) is 8.32 Å². The Morgan fingerprint density at radius 2 is 1.26 bits per heavy atom. The maximum atomic E-state index is 14.3. The quantitative estimate of drug-likeness (QED) is 0.137. The van der Waals surface area contributed by atoms with Gasteiger partial charge in [-0.15, -0.1) is 0 Å². The Balaban J connectivity index is 1.13. The molecule has 4 aliphatic rings. The van der Waals surface area contributed by atoms with Gasteiger partial charge in [-0.25, -0.2) is 0 Å². The molecule has 0 amide bonds. The van der Waals surface area contributed by atoms with Gasteiger partial charge in [-0.2, -0.15) is 0 Å². The molecule has 3 aromatic rings. The van der Waals surface area contributed by atoms with E-state index >= 15 is 0 Å². The molecule has 3 aromatic carbocycles. The van der Waals surface area contributed by atoms with Crippen LogP contribution in [0.2, 0.25) is 43.3 Å². The fourth-order valence-corrected chi connectivity index (χ4v) is 21.5. The Labute approximate surface area is 351 Å². The second kappa shape index (κ2) is 16.2. The van der Waals surface area contributed by atoms with Crippen molar-refractivity contribution in [3.05, 3.63) is 91.0 Å². The summed E-state index contributed by atoms with van der Waals surface area (Å²) in [6.07, 6.45) is 1.97. The Hall–Kier alpha value is -2.26. The zero-order chi connectivity index (χ0) is 41.9. The number of rotatable bonds is 13. The van der Waals surface area contributed by atoms with Gasteiger partial charge in [-0.05, 0) is 85.5 Å². The van der Waals surface area contributed by atoms with Crippen molar-refractivity contribution in [2.24, 2.45) is 17.8 Å². The average Bonchev–Trinajstić information content (AvgIpc) is 3.89. The van der Waals surface area contributed by atoms with Crippen LogP contribution in [0.1, 0.15) is 73.6 Å². The minimum Gasteiger partial charge on any atom is -0.412 e. The van der Waals surface area contributed by atoms with Crippen LogP contribution < -0.4 is 15.6 Å². The summed E-state index contributed by atoms with van der Waals surface area (Å²) in [7, 11) is -6.84. The lowest BCUT2D eigenvalue weighted by atomic mass is 9.58. The molecule has 2 heterocycles. The monoisotopic (exact) mass is 842 g/mol. The van der Waals surface area contributed by atoms with Crippen LogP contribution >= 0.6 is 0 Å². The van der Waals surface area contributed by atoms with Gasteiger partial charge < -0.3 is 28.2 Å². The van der Waals surface area contributed by atoms with Crippen molar-refractivity contribution in [1.82, 2.24) is 0 Å². The summed E-state index contributed by atoms with van der Waals surface area (Å²) < 4.78 is 34.6. The summed E-state index contributed by atoms with van der Waals surface area (Å²) in [5.74, 6) is -0.969. The maximum absolute atomic E-state index is 14.3. The summed E-state index contributed by atoms with van der Waals surface area (Å²) in [5, 5.41) is 15.2. The Morgan fingerprint density at radius 3 is 1.78 bits per heavy atom. The molecule has 7 nitrogen and oxygen atoms in total. The van der Waals surface area contributed by atoms with E-state index < -0.39 is 48.1 Å². The molecule has 7 rings (SSSR count). The molecule has 316 valence electrons. The number of carbonyl (C=O) groups is 1. The highest BCUT2D eigenvalue weighted by Gasteiger charge is 2.79. The van der Waals surface area contributed by atoms with Crippen LogP contribution in [0.25, 0.3) is 0 Å². The minimum absolute atomic E-state index is 0.0286. The van der Waals surface area contributed by atoms with Gasteiger partial charge in [0, 0.05) is 19.4 Å². The molecule has 0 radical (unpaired) electrons. The van der Waals surface area contributed by atoms with E-state index in [2.05, 4.69) is 151 Å². The zero-order valence-electron chi connectivity index (χ0n) is 37.0. The van der Waals surface area contributed by atoms with Crippen molar-refractivity contribution in [2.45, 2.75) is 159 Å². The van der Waals surface area contributed by atoms with Crippen molar-refractivity contribution >= 4 is 46.1 Å². The lowest BCUT2D eigenvalue weighted by molar-refractivity contribution is -0.302. The van der Waals surface area contributed by atoms with Crippen molar-refractivity contribution in [1.29, 1.82) is 0 Å². The fourth-order valence-electron chi connectivity index (χ4n) is 11.7. The van der Waals surface area contributed by atoms with Crippen LogP contribution in [0, 0.1) is 17.8 Å². The molecule has 0 aromatic heterocycles. The number of hydrogen-bond acceptors (Lipinski definition) is 7. The number of carbonyl (C=O) groups excluding carboxylic acids is 1. The molecule has 0 bridgehead atoms. The summed E-state index contributed by atoms with van der Waals surface area (Å²) in [6.45, 7) is 25.5. The van der Waals surface area contributed by atoms with E-state index in [9.17, 15) is 9.90 Å². The topological polar surface area (TPSA) is 86.8 Å². The molecule has 4 fully saturated rings. The normalized spacial score (nSPS) is 32.6. The molecular weight excluding hydrogens is 773 g/mol. The first-order chi connectivity index (χ1) is 27.2. The maximum Gasteiger partial charge on any atom is 0.261 e. The highest BCUT2D eigenvalue weighted by molar-refractivity contribution is 6.99. The van der Waals surface area contributed by atoms with Gasteiger partial charge in [-0.3, -0.25) is 4.79 Å². The first kappa shape index (κ1) is 43.8. The summed E-state index contributed by atoms with van der Waals surface area (Å²) >= 11 is 0. The number of benzene rings is 3. The predicted octanol–water partition coefficient (Wildman–Crippen LogP) is 8.20. The van der Waals surface area contributed by atoms with Gasteiger partial charge >= 0.3 is 0 Å². The standard InChI is InChI=1S/C48H70O7Si3/c1-33-39(42-43(50)40(49)32-41(55-56(7,8)9)48(42)45(54-48)44(33)57(10,11)36-21-15-12-16-22-36)28-27-34-31-35(53-47(5,6)52-34)29-30-51-58(46(2,3)4,37-23-17-13-18-24-37)38-25-19-14-20-26-38/h12-26,33-35,39-42,44-45,49H,27-32H2,1-11H3/t33-,34-,35+,39+,40?,41?,42+,44-,45?,48?/m1/s1. The van der Waals surface area contributed by atoms with E-state index in [1.807, 2.05) is 13.8 Å². The number of epoxide rings is 1. The van der Waals surface area contributed by atoms with E-state index in [4.69, 9.17) is 23.1 Å². The van der Waals surface area contributed by atoms with Crippen molar-refractivity contribution < 1.29 is 33.0 Å². The molecule has 2 saturated heterocycles. The number of hydrogen-bond donors (Lipinski definition) is 1. The number of aliphatic hydroxyl groups is 1. The second-order valence-corrected chi connectivity index (χ2v) is 34.3. The number of Topliss-reactive ketones (excluding diaryl/α,β-unsaturated/α-hetero) is 1. The first-order valence-electron chi connectivity index (χ1n) is 21.9. The number of ether oxygens (including phenoxy) is 3. The minimum atomic E-state index is -2.69. The second-order valence-electron chi connectivity index (χ2n) is 20.9. The van der Waals surface area contributed by atoms with E-state index in [1.54, 1.807) is 0 Å². The fraction of sp³-hybridized carbons (Fsp3) is 0.604. The van der Waals surface area contributed by atoms with Gasteiger partial charge in [-0.1, -0.05) is 137 Å². The van der Waals surface area contributed by atoms with Crippen LogP contribution in [0.15, 0.2) is 91.0 Å². The van der Waals surface area contributed by atoms with Crippen LogP contribution in [-0.2, 0) is 27.9 Å². The lowest BCUT2D eigenvalue weighted by Crippen LogP contribution is -2.66. The van der Waals surface area contributed by atoms with Crippen LogP contribution in [-0.4, -0.2) is 84.1 Å². The van der Waals surface area contributed by atoms with Gasteiger partial charge in [0.05, 0.1) is 38.4 Å². The molecule has 2 aliphatic heterocycles. The zero-order valence-corrected chi connectivity index (χ0v) is 40.0.